The molecular formula is C12H12N6O2. The second-order valence-electron chi connectivity index (χ2n) is 4.06. The van der Waals surface area contributed by atoms with Gasteiger partial charge in [0.05, 0.1) is 16.6 Å². The number of hydrogen-bond acceptors (Lipinski definition) is 6. The average molecular weight is 272 g/mol. The molecule has 2 aromatic rings. The van der Waals surface area contributed by atoms with Crippen molar-refractivity contribution in [1.29, 1.82) is 5.26 Å². The van der Waals surface area contributed by atoms with E-state index in [1.807, 2.05) is 6.07 Å². The van der Waals surface area contributed by atoms with Gasteiger partial charge in [0.25, 0.3) is 5.69 Å². The Labute approximate surface area is 114 Å². The minimum atomic E-state index is -0.472. The molecule has 102 valence electrons. The molecule has 0 fully saturated rings. The number of H-pyrrole nitrogens is 1. The van der Waals surface area contributed by atoms with Crippen molar-refractivity contribution in [1.82, 2.24) is 15.2 Å². The van der Waals surface area contributed by atoms with E-state index in [0.717, 1.165) is 12.2 Å². The number of nitriles is 1. The number of aryl methyl sites for hydroxylation is 1. The summed E-state index contributed by atoms with van der Waals surface area (Å²) in [4.78, 5) is 14.4. The van der Waals surface area contributed by atoms with E-state index in [4.69, 9.17) is 5.26 Å². The van der Waals surface area contributed by atoms with Gasteiger partial charge in [0.15, 0.2) is 0 Å². The third kappa shape index (κ3) is 3.29. The van der Waals surface area contributed by atoms with Gasteiger partial charge in [-0.15, -0.1) is 0 Å². The fourth-order valence-electron chi connectivity index (χ4n) is 1.74. The van der Waals surface area contributed by atoms with Gasteiger partial charge in [-0.1, -0.05) is 0 Å². The Morgan fingerprint density at radius 1 is 1.50 bits per heavy atom. The SMILES string of the molecule is N#Cc1ccc([N+](=O)[O-])c(NCCCc2ncn[nH]2)c1. The molecule has 8 nitrogen and oxygen atoms in total. The molecule has 0 aliphatic heterocycles. The summed E-state index contributed by atoms with van der Waals surface area (Å²) in [5, 5.41) is 29.2. The van der Waals surface area contributed by atoms with Gasteiger partial charge in [-0.05, 0) is 18.6 Å². The molecule has 0 spiro atoms. The molecule has 2 rings (SSSR count). The third-order valence-corrected chi connectivity index (χ3v) is 2.69. The second kappa shape index (κ2) is 6.29. The Bertz CT molecular complexity index is 632. The number of aromatic amines is 1. The van der Waals surface area contributed by atoms with E-state index in [9.17, 15) is 10.1 Å². The highest BCUT2D eigenvalue weighted by Gasteiger charge is 2.13. The van der Waals surface area contributed by atoms with E-state index in [0.29, 0.717) is 24.2 Å². The zero-order valence-electron chi connectivity index (χ0n) is 10.5. The maximum atomic E-state index is 10.9. The van der Waals surface area contributed by atoms with Crippen molar-refractivity contribution < 1.29 is 4.92 Å². The Balaban J connectivity index is 1.97. The molecule has 0 aliphatic rings. The van der Waals surface area contributed by atoms with Crippen LogP contribution in [0.1, 0.15) is 17.8 Å². The van der Waals surface area contributed by atoms with E-state index in [1.165, 1.54) is 24.5 Å². The monoisotopic (exact) mass is 272 g/mol. The normalized spacial score (nSPS) is 9.95. The fraction of sp³-hybridized carbons (Fsp3) is 0.250. The number of rotatable bonds is 6. The second-order valence-corrected chi connectivity index (χ2v) is 4.06. The first-order valence-corrected chi connectivity index (χ1v) is 5.97. The zero-order chi connectivity index (χ0) is 14.4. The number of anilines is 1. The molecule has 0 bridgehead atoms. The first-order chi connectivity index (χ1) is 9.70. The van der Waals surface area contributed by atoms with Gasteiger partial charge in [-0.3, -0.25) is 15.2 Å². The van der Waals surface area contributed by atoms with Gasteiger partial charge < -0.3 is 5.32 Å². The van der Waals surface area contributed by atoms with Crippen molar-refractivity contribution in [3.63, 3.8) is 0 Å². The summed E-state index contributed by atoms with van der Waals surface area (Å²) in [6, 6.07) is 6.20. The van der Waals surface area contributed by atoms with Gasteiger partial charge in [0.1, 0.15) is 17.8 Å². The summed E-state index contributed by atoms with van der Waals surface area (Å²) in [6.45, 7) is 0.538. The molecule has 0 amide bonds. The van der Waals surface area contributed by atoms with Gasteiger partial charge in [-0.2, -0.15) is 10.4 Å². The minimum absolute atomic E-state index is 0.0383. The molecule has 2 N–H and O–H groups in total. The van der Waals surface area contributed by atoms with Crippen LogP contribution < -0.4 is 5.32 Å². The molecule has 1 aromatic heterocycles. The lowest BCUT2D eigenvalue weighted by Crippen LogP contribution is -2.06. The van der Waals surface area contributed by atoms with Crippen molar-refractivity contribution >= 4 is 11.4 Å². The van der Waals surface area contributed by atoms with Crippen molar-refractivity contribution in [2.24, 2.45) is 0 Å². The van der Waals surface area contributed by atoms with Crippen molar-refractivity contribution in [3.8, 4) is 6.07 Å². The highest BCUT2D eigenvalue weighted by atomic mass is 16.6. The predicted molar refractivity (Wildman–Crippen MR) is 71.0 cm³/mol. The summed E-state index contributed by atoms with van der Waals surface area (Å²) >= 11 is 0. The van der Waals surface area contributed by atoms with E-state index < -0.39 is 4.92 Å². The molecule has 0 aliphatic carbocycles. The van der Waals surface area contributed by atoms with Crippen LogP contribution in [0.2, 0.25) is 0 Å². The van der Waals surface area contributed by atoms with Crippen LogP contribution in [0.5, 0.6) is 0 Å². The number of nitro groups is 1. The lowest BCUT2D eigenvalue weighted by molar-refractivity contribution is -0.384. The quantitative estimate of drug-likeness (QED) is 0.468. The largest absolute Gasteiger partial charge is 0.379 e. The number of hydrogen-bond donors (Lipinski definition) is 2. The highest BCUT2D eigenvalue weighted by molar-refractivity contribution is 5.64. The van der Waals surface area contributed by atoms with E-state index >= 15 is 0 Å². The smallest absolute Gasteiger partial charge is 0.292 e. The van der Waals surface area contributed by atoms with Crippen LogP contribution in [-0.4, -0.2) is 26.6 Å². The van der Waals surface area contributed by atoms with Crippen LogP contribution in [-0.2, 0) is 6.42 Å². The third-order valence-electron chi connectivity index (χ3n) is 2.69. The maximum absolute atomic E-state index is 10.9. The number of aromatic nitrogens is 3. The van der Waals surface area contributed by atoms with Crippen LogP contribution in [0, 0.1) is 21.4 Å². The van der Waals surface area contributed by atoms with Crippen molar-refractivity contribution in [2.75, 3.05) is 11.9 Å². The summed E-state index contributed by atoms with van der Waals surface area (Å²) in [6.07, 6.45) is 2.87. The molecule has 20 heavy (non-hydrogen) atoms. The van der Waals surface area contributed by atoms with Crippen molar-refractivity contribution in [3.05, 3.63) is 46.0 Å². The standard InChI is InChI=1S/C12H12N6O2/c13-7-9-3-4-11(18(19)20)10(6-9)14-5-1-2-12-15-8-16-17-12/h3-4,6,8,14H,1-2,5H2,(H,15,16,17). The number of benzene rings is 1. The van der Waals surface area contributed by atoms with Gasteiger partial charge >= 0.3 is 0 Å². The summed E-state index contributed by atoms with van der Waals surface area (Å²) in [5.41, 5.74) is 0.698. The van der Waals surface area contributed by atoms with E-state index in [1.54, 1.807) is 0 Å². The first kappa shape index (κ1) is 13.5. The molecule has 0 saturated heterocycles. The molecule has 1 aromatic carbocycles. The molecule has 8 heteroatoms. The van der Waals surface area contributed by atoms with Crippen molar-refractivity contribution in [2.45, 2.75) is 12.8 Å². The molecule has 0 atom stereocenters. The fourth-order valence-corrected chi connectivity index (χ4v) is 1.74. The highest BCUT2D eigenvalue weighted by Crippen LogP contribution is 2.25. The van der Waals surface area contributed by atoms with Crippen LogP contribution in [0.3, 0.4) is 0 Å². The lowest BCUT2D eigenvalue weighted by atomic mass is 10.2. The summed E-state index contributed by atoms with van der Waals surface area (Å²) in [5.74, 6) is 0.770. The molecule has 0 saturated carbocycles. The Kier molecular flexibility index (Phi) is 4.24. The Morgan fingerprint density at radius 2 is 2.35 bits per heavy atom. The molecule has 1 heterocycles. The number of nitrogens with zero attached hydrogens (tertiary/aromatic N) is 4. The first-order valence-electron chi connectivity index (χ1n) is 5.97. The van der Waals surface area contributed by atoms with Gasteiger partial charge in [-0.25, -0.2) is 4.98 Å². The maximum Gasteiger partial charge on any atom is 0.292 e. The zero-order valence-corrected chi connectivity index (χ0v) is 10.5. The van der Waals surface area contributed by atoms with E-state index in [2.05, 4.69) is 20.5 Å². The molecule has 0 radical (unpaired) electrons. The number of nitro benzene ring substituents is 1. The van der Waals surface area contributed by atoms with Crippen LogP contribution in [0.15, 0.2) is 24.5 Å². The lowest BCUT2D eigenvalue weighted by Gasteiger charge is -2.06. The summed E-state index contributed by atoms with van der Waals surface area (Å²) < 4.78 is 0. The van der Waals surface area contributed by atoms with Crippen LogP contribution in [0.25, 0.3) is 0 Å². The summed E-state index contributed by atoms with van der Waals surface area (Å²) in [7, 11) is 0. The van der Waals surface area contributed by atoms with E-state index in [-0.39, 0.29) is 5.69 Å². The minimum Gasteiger partial charge on any atom is -0.379 e. The average Bonchev–Trinajstić information content (AvgIpc) is 2.96. The van der Waals surface area contributed by atoms with Crippen LogP contribution >= 0.6 is 0 Å². The predicted octanol–water partition coefficient (Wildman–Crippen LogP) is 1.63. The topological polar surface area (TPSA) is 121 Å². The van der Waals surface area contributed by atoms with Gasteiger partial charge in [0, 0.05) is 19.0 Å². The number of nitrogens with one attached hydrogen (secondary N) is 2. The molecule has 0 unspecified atom stereocenters. The Morgan fingerprint density at radius 3 is 3.00 bits per heavy atom. The van der Waals surface area contributed by atoms with Gasteiger partial charge in [0.2, 0.25) is 0 Å². The molecular weight excluding hydrogens is 260 g/mol. The van der Waals surface area contributed by atoms with Crippen LogP contribution in [0.4, 0.5) is 11.4 Å². The Hall–Kier alpha value is -2.95.